The number of fused-ring (bicyclic) bond motifs is 1. The molecule has 1 saturated heterocycles. The molecule has 1 amide bonds. The van der Waals surface area contributed by atoms with Crippen LogP contribution in [0.3, 0.4) is 0 Å². The molecule has 0 aliphatic carbocycles. The third-order valence-corrected chi connectivity index (χ3v) is 6.03. The molecule has 3 N–H and O–H groups in total. The average Bonchev–Trinajstić information content (AvgIpc) is 2.77. The number of rotatable bonds is 9. The summed E-state index contributed by atoms with van der Waals surface area (Å²) in [6.07, 6.45) is 2.66. The van der Waals surface area contributed by atoms with Gasteiger partial charge in [0.2, 0.25) is 5.91 Å². The van der Waals surface area contributed by atoms with Gasteiger partial charge in [0.05, 0.1) is 18.5 Å². The van der Waals surface area contributed by atoms with E-state index in [0.717, 1.165) is 35.6 Å². The standard InChI is InChI=1S/C24H30N2O5/c1-16(20-11-7-9-18-8-3-4-10-21(18)20)24(12-5-6-13-31-24)26-17(2)23(30)25-19(15-27)14-22(28)29/h3-4,7-11,15-17,19,26H,5-6,12-14H2,1-2H3,(H,25,30)(H,28,29)/t16?,17-,19-,24?/m0/s1. The number of aliphatic carboxylic acids is 1. The highest BCUT2D eigenvalue weighted by atomic mass is 16.5. The third-order valence-electron chi connectivity index (χ3n) is 6.03. The van der Waals surface area contributed by atoms with Gasteiger partial charge in [0.25, 0.3) is 0 Å². The van der Waals surface area contributed by atoms with E-state index in [1.165, 1.54) is 0 Å². The predicted molar refractivity (Wildman–Crippen MR) is 118 cm³/mol. The van der Waals surface area contributed by atoms with Gasteiger partial charge in [0, 0.05) is 12.5 Å². The first-order chi connectivity index (χ1) is 14.9. The van der Waals surface area contributed by atoms with Crippen LogP contribution in [0.5, 0.6) is 0 Å². The lowest BCUT2D eigenvalue weighted by atomic mass is 9.82. The maximum Gasteiger partial charge on any atom is 0.305 e. The van der Waals surface area contributed by atoms with E-state index in [2.05, 4.69) is 41.8 Å². The number of nitrogens with one attached hydrogen (secondary N) is 2. The summed E-state index contributed by atoms with van der Waals surface area (Å²) in [5, 5.41) is 17.1. The Kier molecular flexibility index (Phi) is 7.41. The molecule has 0 aromatic heterocycles. The van der Waals surface area contributed by atoms with Crippen LogP contribution in [-0.2, 0) is 19.1 Å². The highest BCUT2D eigenvalue weighted by molar-refractivity contribution is 5.87. The van der Waals surface area contributed by atoms with Crippen molar-refractivity contribution in [2.45, 2.75) is 63.3 Å². The number of carbonyl (C=O) groups excluding carboxylic acids is 2. The minimum atomic E-state index is -1.14. The van der Waals surface area contributed by atoms with E-state index in [1.807, 2.05) is 18.2 Å². The van der Waals surface area contributed by atoms with Crippen LogP contribution in [0.2, 0.25) is 0 Å². The molecule has 1 aliphatic heterocycles. The Labute approximate surface area is 182 Å². The van der Waals surface area contributed by atoms with Gasteiger partial charge in [0.1, 0.15) is 12.0 Å². The molecule has 31 heavy (non-hydrogen) atoms. The number of carbonyl (C=O) groups is 3. The van der Waals surface area contributed by atoms with Gasteiger partial charge in [-0.15, -0.1) is 0 Å². The molecule has 166 valence electrons. The van der Waals surface area contributed by atoms with Crippen molar-refractivity contribution in [3.05, 3.63) is 48.0 Å². The fourth-order valence-electron chi connectivity index (χ4n) is 4.34. The average molecular weight is 427 g/mol. The van der Waals surface area contributed by atoms with Gasteiger partial charge < -0.3 is 20.0 Å². The van der Waals surface area contributed by atoms with E-state index in [-0.39, 0.29) is 5.92 Å². The largest absolute Gasteiger partial charge is 0.481 e. The monoisotopic (exact) mass is 426 g/mol. The number of hydrogen-bond donors (Lipinski definition) is 3. The van der Waals surface area contributed by atoms with Crippen LogP contribution in [0.15, 0.2) is 42.5 Å². The summed E-state index contributed by atoms with van der Waals surface area (Å²) in [7, 11) is 0. The van der Waals surface area contributed by atoms with Crippen molar-refractivity contribution in [2.75, 3.05) is 6.61 Å². The summed E-state index contributed by atoms with van der Waals surface area (Å²) >= 11 is 0. The summed E-state index contributed by atoms with van der Waals surface area (Å²) in [4.78, 5) is 34.7. The quantitative estimate of drug-likeness (QED) is 0.533. The summed E-state index contributed by atoms with van der Waals surface area (Å²) in [5.41, 5.74) is 0.388. The second-order valence-corrected chi connectivity index (χ2v) is 8.20. The highest BCUT2D eigenvalue weighted by Crippen LogP contribution is 2.39. The lowest BCUT2D eigenvalue weighted by Gasteiger charge is -2.44. The van der Waals surface area contributed by atoms with E-state index < -0.39 is 36.1 Å². The van der Waals surface area contributed by atoms with Gasteiger partial charge in [-0.1, -0.05) is 49.4 Å². The smallest absolute Gasteiger partial charge is 0.305 e. The molecule has 2 unspecified atom stereocenters. The second-order valence-electron chi connectivity index (χ2n) is 8.20. The Morgan fingerprint density at radius 3 is 2.58 bits per heavy atom. The number of carboxylic acid groups (broad SMARTS) is 1. The maximum atomic E-state index is 12.7. The molecule has 4 atom stereocenters. The van der Waals surface area contributed by atoms with E-state index in [9.17, 15) is 14.4 Å². The SMILES string of the molecule is CC(c1cccc2ccccc12)C1(N[C@@H](C)C(=O)N[C@H](C=O)CC(=O)O)CCCCO1. The van der Waals surface area contributed by atoms with Crippen molar-refractivity contribution in [1.82, 2.24) is 10.6 Å². The van der Waals surface area contributed by atoms with Crippen LogP contribution in [0, 0.1) is 0 Å². The summed E-state index contributed by atoms with van der Waals surface area (Å²) in [6.45, 7) is 4.39. The fraction of sp³-hybridized carbons (Fsp3) is 0.458. The molecule has 0 saturated carbocycles. The molecule has 0 bridgehead atoms. The predicted octanol–water partition coefficient (Wildman–Crippen LogP) is 2.98. The van der Waals surface area contributed by atoms with Crippen molar-refractivity contribution in [1.29, 1.82) is 0 Å². The number of aldehydes is 1. The number of carboxylic acids is 1. The zero-order valence-electron chi connectivity index (χ0n) is 18.0. The lowest BCUT2D eigenvalue weighted by Crippen LogP contribution is -2.60. The molecule has 2 aromatic carbocycles. The van der Waals surface area contributed by atoms with E-state index >= 15 is 0 Å². The Bertz CT molecular complexity index is 933. The van der Waals surface area contributed by atoms with Crippen molar-refractivity contribution < 1.29 is 24.2 Å². The zero-order valence-corrected chi connectivity index (χ0v) is 18.0. The van der Waals surface area contributed by atoms with Gasteiger partial charge in [0.15, 0.2) is 0 Å². The first-order valence-corrected chi connectivity index (χ1v) is 10.7. The first-order valence-electron chi connectivity index (χ1n) is 10.7. The van der Waals surface area contributed by atoms with Crippen LogP contribution in [0.1, 0.15) is 51.0 Å². The highest BCUT2D eigenvalue weighted by Gasteiger charge is 2.42. The Morgan fingerprint density at radius 2 is 1.90 bits per heavy atom. The van der Waals surface area contributed by atoms with Gasteiger partial charge in [-0.05, 0) is 42.5 Å². The molecular weight excluding hydrogens is 396 g/mol. The Balaban J connectivity index is 1.84. The summed E-state index contributed by atoms with van der Waals surface area (Å²) in [5.74, 6) is -1.62. The van der Waals surface area contributed by atoms with E-state index in [0.29, 0.717) is 12.9 Å². The van der Waals surface area contributed by atoms with Gasteiger partial charge in [-0.25, -0.2) is 0 Å². The molecule has 1 heterocycles. The molecule has 1 fully saturated rings. The molecule has 0 spiro atoms. The molecule has 3 rings (SSSR count). The van der Waals surface area contributed by atoms with Gasteiger partial charge >= 0.3 is 5.97 Å². The fourth-order valence-corrected chi connectivity index (χ4v) is 4.34. The van der Waals surface area contributed by atoms with Crippen LogP contribution in [0.25, 0.3) is 10.8 Å². The molecule has 7 heteroatoms. The topological polar surface area (TPSA) is 105 Å². The maximum absolute atomic E-state index is 12.7. The molecule has 0 radical (unpaired) electrons. The summed E-state index contributed by atoms with van der Waals surface area (Å²) in [6, 6.07) is 12.6. The van der Waals surface area contributed by atoms with Gasteiger partial charge in [-0.3, -0.25) is 14.9 Å². The van der Waals surface area contributed by atoms with E-state index in [1.54, 1.807) is 6.92 Å². The summed E-state index contributed by atoms with van der Waals surface area (Å²) < 4.78 is 6.29. The van der Waals surface area contributed by atoms with Crippen molar-refractivity contribution in [3.8, 4) is 0 Å². The number of ether oxygens (including phenoxy) is 1. The third kappa shape index (κ3) is 5.29. The van der Waals surface area contributed by atoms with E-state index in [4.69, 9.17) is 9.84 Å². The Hall–Kier alpha value is -2.77. The lowest BCUT2D eigenvalue weighted by molar-refractivity contribution is -0.141. The number of hydrogen-bond acceptors (Lipinski definition) is 5. The molecule has 7 nitrogen and oxygen atoms in total. The van der Waals surface area contributed by atoms with Crippen LogP contribution >= 0.6 is 0 Å². The van der Waals surface area contributed by atoms with Crippen LogP contribution in [0.4, 0.5) is 0 Å². The first kappa shape index (κ1) is 22.9. The van der Waals surface area contributed by atoms with Crippen molar-refractivity contribution in [3.63, 3.8) is 0 Å². The van der Waals surface area contributed by atoms with Crippen LogP contribution < -0.4 is 10.6 Å². The number of amides is 1. The normalized spacial score (nSPS) is 21.7. The zero-order chi connectivity index (χ0) is 22.4. The molecule has 2 aromatic rings. The minimum Gasteiger partial charge on any atom is -0.481 e. The molecule has 1 aliphatic rings. The second kappa shape index (κ2) is 10.0. The molecular formula is C24H30N2O5. The van der Waals surface area contributed by atoms with Crippen LogP contribution in [-0.4, -0.2) is 47.7 Å². The minimum absolute atomic E-state index is 0.0463. The number of benzene rings is 2. The van der Waals surface area contributed by atoms with Gasteiger partial charge in [-0.2, -0.15) is 0 Å². The Morgan fingerprint density at radius 1 is 1.16 bits per heavy atom. The van der Waals surface area contributed by atoms with Crippen molar-refractivity contribution in [2.24, 2.45) is 0 Å². The van der Waals surface area contributed by atoms with Crippen molar-refractivity contribution >= 4 is 28.9 Å².